The summed E-state index contributed by atoms with van der Waals surface area (Å²) in [5.74, 6) is -0.647. The summed E-state index contributed by atoms with van der Waals surface area (Å²) in [6, 6.07) is 3.92. The molecule has 0 atom stereocenters. The quantitative estimate of drug-likeness (QED) is 0.467. The zero-order valence-electron chi connectivity index (χ0n) is 8.34. The molecule has 0 aliphatic carbocycles. The molecule has 0 fully saturated rings. The minimum absolute atomic E-state index is 0. The predicted molar refractivity (Wildman–Crippen MR) is 46.5 cm³/mol. The van der Waals surface area contributed by atoms with E-state index in [4.69, 9.17) is 0 Å². The number of benzene rings is 1. The van der Waals surface area contributed by atoms with Crippen molar-refractivity contribution in [2.45, 2.75) is 0 Å². The maximum Gasteiger partial charge on any atom is 1.00 e. The van der Waals surface area contributed by atoms with Crippen LogP contribution in [-0.4, -0.2) is 20.1 Å². The van der Waals surface area contributed by atoms with Gasteiger partial charge in [0.05, 0.1) is 12.7 Å². The van der Waals surface area contributed by atoms with E-state index >= 15 is 0 Å². The first kappa shape index (κ1) is 15.2. The van der Waals surface area contributed by atoms with E-state index in [1.165, 1.54) is 7.11 Å². The molecule has 1 aromatic rings. The number of rotatable bonds is 2. The maximum absolute atomic E-state index is 12.1. The molecule has 0 aliphatic heterocycles. The van der Waals surface area contributed by atoms with Gasteiger partial charge in [-0.1, -0.05) is 24.3 Å². The van der Waals surface area contributed by atoms with E-state index in [9.17, 15) is 17.7 Å². The largest absolute Gasteiger partial charge is 1.00 e. The van der Waals surface area contributed by atoms with Crippen LogP contribution in [0.4, 0.5) is 12.9 Å². The van der Waals surface area contributed by atoms with Gasteiger partial charge < -0.3 is 17.7 Å². The van der Waals surface area contributed by atoms with Crippen molar-refractivity contribution in [2.24, 2.45) is 0 Å². The number of hydrogen-bond acceptors (Lipinski definition) is 2. The summed E-state index contributed by atoms with van der Waals surface area (Å²) in [5.41, 5.74) is -0.617. The first-order valence-corrected chi connectivity index (χ1v) is 3.83. The molecule has 0 bridgehead atoms. The molecule has 0 heterocycles. The van der Waals surface area contributed by atoms with Gasteiger partial charge in [-0.05, 0) is 0 Å². The third kappa shape index (κ3) is 4.28. The van der Waals surface area contributed by atoms with Crippen LogP contribution in [0.3, 0.4) is 0 Å². The summed E-state index contributed by atoms with van der Waals surface area (Å²) >= 11 is 0. The molecule has 0 aliphatic rings. The van der Waals surface area contributed by atoms with Crippen molar-refractivity contribution in [3.8, 4) is 0 Å². The molecule has 0 amide bonds. The smallest absolute Gasteiger partial charge is 0.465 e. The molecular formula is C8H7BF3KO2. The molecule has 0 saturated carbocycles. The second kappa shape index (κ2) is 6.05. The minimum Gasteiger partial charge on any atom is -0.465 e. The fraction of sp³-hybridized carbons (Fsp3) is 0.125. The number of ether oxygens (including phenoxy) is 1. The van der Waals surface area contributed by atoms with E-state index in [2.05, 4.69) is 4.74 Å². The van der Waals surface area contributed by atoms with Crippen molar-refractivity contribution < 1.29 is 73.9 Å². The van der Waals surface area contributed by atoms with Crippen LogP contribution in [0.25, 0.3) is 0 Å². The van der Waals surface area contributed by atoms with Gasteiger partial charge in [-0.15, -0.1) is 5.46 Å². The van der Waals surface area contributed by atoms with Gasteiger partial charge in [-0.3, -0.25) is 0 Å². The molecular weight excluding hydrogens is 235 g/mol. The molecule has 0 radical (unpaired) electrons. The molecule has 0 saturated heterocycles. The van der Waals surface area contributed by atoms with E-state index in [-0.39, 0.29) is 56.9 Å². The van der Waals surface area contributed by atoms with Crippen LogP contribution >= 0.6 is 0 Å². The third-order valence-electron chi connectivity index (χ3n) is 1.71. The van der Waals surface area contributed by atoms with Crippen molar-refractivity contribution in [1.82, 2.24) is 0 Å². The Morgan fingerprint density at radius 1 is 1.20 bits per heavy atom. The van der Waals surface area contributed by atoms with E-state index in [0.29, 0.717) is 0 Å². The van der Waals surface area contributed by atoms with Crippen LogP contribution in [0.2, 0.25) is 0 Å². The van der Waals surface area contributed by atoms with E-state index in [0.717, 1.165) is 24.3 Å². The van der Waals surface area contributed by atoms with Gasteiger partial charge in [0.1, 0.15) is 0 Å². The average molecular weight is 242 g/mol. The Hall–Kier alpha value is 0.181. The Balaban J connectivity index is 0.00000196. The zero-order valence-corrected chi connectivity index (χ0v) is 11.5. The molecule has 15 heavy (non-hydrogen) atoms. The van der Waals surface area contributed by atoms with Crippen LogP contribution in [0.15, 0.2) is 24.3 Å². The third-order valence-corrected chi connectivity index (χ3v) is 1.71. The molecule has 0 spiro atoms. The van der Waals surface area contributed by atoms with Gasteiger partial charge in [0.25, 0.3) is 0 Å². The van der Waals surface area contributed by atoms with Gasteiger partial charge in [-0.2, -0.15) is 0 Å². The Morgan fingerprint density at radius 2 is 1.67 bits per heavy atom. The van der Waals surface area contributed by atoms with Crippen LogP contribution in [0.1, 0.15) is 10.4 Å². The topological polar surface area (TPSA) is 26.3 Å². The number of carbonyl (C=O) groups is 1. The Kier molecular flexibility index (Phi) is 6.12. The number of halogens is 3. The standard InChI is InChI=1S/C8H7BF3O2.K/c1-14-8(13)6-2-4-7(5-3-6)9(10,11)12;/h2-5H,1H3;/q-1;+1. The summed E-state index contributed by atoms with van der Waals surface area (Å²) in [5, 5.41) is 0. The van der Waals surface area contributed by atoms with E-state index in [1.54, 1.807) is 0 Å². The van der Waals surface area contributed by atoms with Gasteiger partial charge >= 0.3 is 64.3 Å². The summed E-state index contributed by atoms with van der Waals surface area (Å²) in [4.78, 5) is 10.9. The predicted octanol–water partition coefficient (Wildman–Crippen LogP) is -1.47. The Labute approximate surface area is 128 Å². The normalized spacial score (nSPS) is 10.4. The summed E-state index contributed by atoms with van der Waals surface area (Å²) in [6.45, 7) is -5.00. The number of carbonyl (C=O) groups excluding carboxylic acids is 1. The SMILES string of the molecule is COC(=O)c1ccc([B-](F)(F)F)cc1.[K+]. The number of hydrogen-bond donors (Lipinski definition) is 0. The van der Waals surface area contributed by atoms with E-state index in [1.807, 2.05) is 0 Å². The second-order valence-corrected chi connectivity index (χ2v) is 2.69. The molecule has 0 unspecified atom stereocenters. The molecule has 0 N–H and O–H groups in total. The Morgan fingerprint density at radius 3 is 2.00 bits per heavy atom. The van der Waals surface area contributed by atoms with Crippen molar-refractivity contribution in [1.29, 1.82) is 0 Å². The van der Waals surface area contributed by atoms with Gasteiger partial charge in [0.2, 0.25) is 0 Å². The number of methoxy groups -OCH3 is 1. The van der Waals surface area contributed by atoms with Gasteiger partial charge in [0.15, 0.2) is 0 Å². The van der Waals surface area contributed by atoms with E-state index < -0.39 is 18.4 Å². The first-order valence-electron chi connectivity index (χ1n) is 3.83. The monoisotopic (exact) mass is 242 g/mol. The summed E-state index contributed by atoms with van der Waals surface area (Å²) in [6.07, 6.45) is 0. The molecule has 1 rings (SSSR count). The van der Waals surface area contributed by atoms with Crippen molar-refractivity contribution >= 4 is 18.4 Å². The van der Waals surface area contributed by atoms with Crippen molar-refractivity contribution in [3.05, 3.63) is 29.8 Å². The molecule has 76 valence electrons. The molecule has 7 heteroatoms. The maximum atomic E-state index is 12.1. The fourth-order valence-electron chi connectivity index (χ4n) is 0.955. The number of esters is 1. The summed E-state index contributed by atoms with van der Waals surface area (Å²) < 4.78 is 40.8. The fourth-order valence-corrected chi connectivity index (χ4v) is 0.955. The van der Waals surface area contributed by atoms with Crippen molar-refractivity contribution in [3.63, 3.8) is 0 Å². The second-order valence-electron chi connectivity index (χ2n) is 2.69. The van der Waals surface area contributed by atoms with Gasteiger partial charge in [0, 0.05) is 0 Å². The van der Waals surface area contributed by atoms with Crippen LogP contribution in [0.5, 0.6) is 0 Å². The van der Waals surface area contributed by atoms with Gasteiger partial charge in [-0.25, -0.2) is 4.79 Å². The minimum atomic E-state index is -5.00. The first-order chi connectivity index (χ1) is 6.45. The molecule has 2 nitrogen and oxygen atoms in total. The zero-order chi connectivity index (χ0) is 10.8. The summed E-state index contributed by atoms with van der Waals surface area (Å²) in [7, 11) is 1.17. The van der Waals surface area contributed by atoms with Crippen molar-refractivity contribution in [2.75, 3.05) is 7.11 Å². The molecule has 1 aromatic carbocycles. The average Bonchev–Trinajstić information content (AvgIpc) is 2.15. The van der Waals surface area contributed by atoms with Crippen LogP contribution < -0.4 is 56.8 Å². The van der Waals surface area contributed by atoms with Crippen LogP contribution in [-0.2, 0) is 4.74 Å². The Bertz CT molecular complexity index is 337. The molecule has 0 aromatic heterocycles. The van der Waals surface area contributed by atoms with Crippen LogP contribution in [0, 0.1) is 0 Å².